The predicted octanol–water partition coefficient (Wildman–Crippen LogP) is 4.23. The summed E-state index contributed by atoms with van der Waals surface area (Å²) in [5, 5.41) is 11.8. The minimum absolute atomic E-state index is 0.0967. The van der Waals surface area contributed by atoms with Crippen molar-refractivity contribution < 1.29 is 24.2 Å². The van der Waals surface area contributed by atoms with E-state index in [1.165, 1.54) is 19.1 Å². The molecule has 3 rings (SSSR count). The van der Waals surface area contributed by atoms with E-state index in [-0.39, 0.29) is 11.5 Å². The summed E-state index contributed by atoms with van der Waals surface area (Å²) in [7, 11) is 0. The maximum absolute atomic E-state index is 12.5. The Balaban J connectivity index is 1.79. The third-order valence-corrected chi connectivity index (χ3v) is 3.94. The Bertz CT molecular complexity index is 1040. The number of anilines is 1. The van der Waals surface area contributed by atoms with Crippen LogP contribution in [-0.2, 0) is 4.79 Å². The van der Waals surface area contributed by atoms with Gasteiger partial charge in [-0.2, -0.15) is 0 Å². The highest BCUT2D eigenvalue weighted by atomic mass is 16.5. The summed E-state index contributed by atoms with van der Waals surface area (Å²) in [4.78, 5) is 34.6. The molecule has 0 bridgehead atoms. The average Bonchev–Trinajstić information content (AvgIpc) is 2.68. The SMILES string of the molecule is CC(=O)Oc1ccc(-c2cccc(C(=O)Nc3cccc(C(=O)O)c3)c2)cc1. The van der Waals surface area contributed by atoms with Crippen molar-refractivity contribution in [2.24, 2.45) is 0 Å². The van der Waals surface area contributed by atoms with Crippen LogP contribution in [0.1, 0.15) is 27.6 Å². The molecule has 0 aliphatic carbocycles. The molecule has 0 saturated heterocycles. The average molecular weight is 375 g/mol. The third-order valence-electron chi connectivity index (χ3n) is 3.94. The molecule has 1 amide bonds. The summed E-state index contributed by atoms with van der Waals surface area (Å²) in [5.41, 5.74) is 2.61. The van der Waals surface area contributed by atoms with E-state index >= 15 is 0 Å². The number of carboxylic acid groups (broad SMARTS) is 1. The largest absolute Gasteiger partial charge is 0.478 e. The van der Waals surface area contributed by atoms with Gasteiger partial charge in [-0.1, -0.05) is 30.3 Å². The second-order valence-electron chi connectivity index (χ2n) is 6.04. The smallest absolute Gasteiger partial charge is 0.335 e. The van der Waals surface area contributed by atoms with Gasteiger partial charge < -0.3 is 15.2 Å². The van der Waals surface area contributed by atoms with Crippen molar-refractivity contribution in [1.29, 1.82) is 0 Å². The molecule has 2 N–H and O–H groups in total. The highest BCUT2D eigenvalue weighted by Gasteiger charge is 2.10. The first-order valence-electron chi connectivity index (χ1n) is 8.46. The van der Waals surface area contributed by atoms with Crippen LogP contribution in [0.15, 0.2) is 72.8 Å². The van der Waals surface area contributed by atoms with E-state index in [4.69, 9.17) is 9.84 Å². The number of amides is 1. The molecule has 0 radical (unpaired) electrons. The van der Waals surface area contributed by atoms with Crippen molar-refractivity contribution in [3.63, 3.8) is 0 Å². The number of nitrogens with one attached hydrogen (secondary N) is 1. The summed E-state index contributed by atoms with van der Waals surface area (Å²) in [6, 6.07) is 20.0. The zero-order valence-electron chi connectivity index (χ0n) is 15.0. The number of hydrogen-bond acceptors (Lipinski definition) is 4. The van der Waals surface area contributed by atoms with Gasteiger partial charge in [0.2, 0.25) is 0 Å². The topological polar surface area (TPSA) is 92.7 Å². The lowest BCUT2D eigenvalue weighted by atomic mass is 10.0. The lowest BCUT2D eigenvalue weighted by Crippen LogP contribution is -2.12. The monoisotopic (exact) mass is 375 g/mol. The van der Waals surface area contributed by atoms with Gasteiger partial charge in [0.15, 0.2) is 0 Å². The molecule has 28 heavy (non-hydrogen) atoms. The molecule has 0 spiro atoms. The van der Waals surface area contributed by atoms with E-state index in [0.29, 0.717) is 17.0 Å². The van der Waals surface area contributed by atoms with E-state index in [0.717, 1.165) is 11.1 Å². The van der Waals surface area contributed by atoms with Gasteiger partial charge in [-0.05, 0) is 53.6 Å². The summed E-state index contributed by atoms with van der Waals surface area (Å²) < 4.78 is 5.02. The maximum Gasteiger partial charge on any atom is 0.335 e. The van der Waals surface area contributed by atoms with Crippen LogP contribution < -0.4 is 10.1 Å². The molecule has 6 nitrogen and oxygen atoms in total. The van der Waals surface area contributed by atoms with Crippen molar-refractivity contribution >= 4 is 23.5 Å². The number of carbonyl (C=O) groups is 3. The summed E-state index contributed by atoms with van der Waals surface area (Å²) in [5.74, 6) is -1.35. The van der Waals surface area contributed by atoms with Gasteiger partial charge in [0, 0.05) is 18.2 Å². The zero-order chi connectivity index (χ0) is 20.1. The van der Waals surface area contributed by atoms with Gasteiger partial charge in [0.05, 0.1) is 5.56 Å². The van der Waals surface area contributed by atoms with Crippen LogP contribution in [0, 0.1) is 0 Å². The molecule has 140 valence electrons. The highest BCUT2D eigenvalue weighted by Crippen LogP contribution is 2.24. The fourth-order valence-corrected chi connectivity index (χ4v) is 2.65. The molecule has 0 fully saturated rings. The van der Waals surface area contributed by atoms with Gasteiger partial charge in [0.1, 0.15) is 5.75 Å². The van der Waals surface area contributed by atoms with E-state index in [2.05, 4.69) is 5.32 Å². The lowest BCUT2D eigenvalue weighted by molar-refractivity contribution is -0.131. The van der Waals surface area contributed by atoms with Gasteiger partial charge in [-0.15, -0.1) is 0 Å². The molecular weight excluding hydrogens is 358 g/mol. The first-order valence-corrected chi connectivity index (χ1v) is 8.46. The Hall–Kier alpha value is -3.93. The Morgan fingerprint density at radius 3 is 2.18 bits per heavy atom. The number of ether oxygens (including phenoxy) is 1. The van der Waals surface area contributed by atoms with Crippen LogP contribution in [0.5, 0.6) is 5.75 Å². The Morgan fingerprint density at radius 1 is 0.821 bits per heavy atom. The number of carbonyl (C=O) groups excluding carboxylic acids is 2. The Kier molecular flexibility index (Phi) is 5.50. The summed E-state index contributed by atoms with van der Waals surface area (Å²) in [6.45, 7) is 1.34. The van der Waals surface area contributed by atoms with Gasteiger partial charge in [-0.3, -0.25) is 9.59 Å². The number of aromatic carboxylic acids is 1. The number of esters is 1. The molecule has 0 aromatic heterocycles. The molecule has 0 aliphatic rings. The van der Waals surface area contributed by atoms with E-state index in [9.17, 15) is 14.4 Å². The fourth-order valence-electron chi connectivity index (χ4n) is 2.65. The highest BCUT2D eigenvalue weighted by molar-refractivity contribution is 6.05. The van der Waals surface area contributed by atoms with E-state index in [1.54, 1.807) is 54.6 Å². The molecule has 6 heteroatoms. The van der Waals surface area contributed by atoms with Crippen LogP contribution in [-0.4, -0.2) is 23.0 Å². The van der Waals surface area contributed by atoms with Crippen LogP contribution in [0.3, 0.4) is 0 Å². The number of benzene rings is 3. The standard InChI is InChI=1S/C22H17NO5/c1-14(24)28-20-10-8-15(9-11-20)16-4-2-5-17(12-16)21(25)23-19-7-3-6-18(13-19)22(26)27/h2-13H,1H3,(H,23,25)(H,26,27). The zero-order valence-corrected chi connectivity index (χ0v) is 15.0. The van der Waals surface area contributed by atoms with Crippen LogP contribution in [0.4, 0.5) is 5.69 Å². The predicted molar refractivity (Wildman–Crippen MR) is 105 cm³/mol. The van der Waals surface area contributed by atoms with Crippen molar-refractivity contribution in [1.82, 2.24) is 0 Å². The van der Waals surface area contributed by atoms with Crippen LogP contribution >= 0.6 is 0 Å². The molecule has 3 aromatic rings. The minimum Gasteiger partial charge on any atom is -0.478 e. The first-order chi connectivity index (χ1) is 13.4. The molecule has 0 aliphatic heterocycles. The Morgan fingerprint density at radius 2 is 1.50 bits per heavy atom. The second kappa shape index (κ2) is 8.18. The quantitative estimate of drug-likeness (QED) is 0.514. The minimum atomic E-state index is -1.06. The van der Waals surface area contributed by atoms with E-state index in [1.807, 2.05) is 6.07 Å². The lowest BCUT2D eigenvalue weighted by Gasteiger charge is -2.09. The van der Waals surface area contributed by atoms with Gasteiger partial charge in [-0.25, -0.2) is 4.79 Å². The van der Waals surface area contributed by atoms with Gasteiger partial charge >= 0.3 is 11.9 Å². The first kappa shape index (κ1) is 18.8. The van der Waals surface area contributed by atoms with Crippen LogP contribution in [0.2, 0.25) is 0 Å². The molecule has 3 aromatic carbocycles. The van der Waals surface area contributed by atoms with Crippen molar-refractivity contribution in [2.45, 2.75) is 6.92 Å². The fraction of sp³-hybridized carbons (Fsp3) is 0.0455. The summed E-state index contributed by atoms with van der Waals surface area (Å²) in [6.07, 6.45) is 0. The molecule has 0 unspecified atom stereocenters. The molecule has 0 heterocycles. The molecule has 0 atom stereocenters. The normalized spacial score (nSPS) is 10.2. The van der Waals surface area contributed by atoms with E-state index < -0.39 is 11.9 Å². The molecule has 0 saturated carbocycles. The third kappa shape index (κ3) is 4.62. The number of hydrogen-bond donors (Lipinski definition) is 2. The number of carboxylic acids is 1. The maximum atomic E-state index is 12.5. The van der Waals surface area contributed by atoms with Crippen LogP contribution in [0.25, 0.3) is 11.1 Å². The van der Waals surface area contributed by atoms with Crippen molar-refractivity contribution in [3.05, 3.63) is 83.9 Å². The molecular formula is C22H17NO5. The van der Waals surface area contributed by atoms with Gasteiger partial charge in [0.25, 0.3) is 5.91 Å². The number of rotatable bonds is 5. The second-order valence-corrected chi connectivity index (χ2v) is 6.04. The van der Waals surface area contributed by atoms with Crippen molar-refractivity contribution in [2.75, 3.05) is 5.32 Å². The van der Waals surface area contributed by atoms with Crippen molar-refractivity contribution in [3.8, 4) is 16.9 Å². The Labute approximate surface area is 161 Å². The summed E-state index contributed by atoms with van der Waals surface area (Å²) >= 11 is 0.